The molecule has 0 fully saturated rings. The van der Waals surface area contributed by atoms with Crippen molar-refractivity contribution in [2.75, 3.05) is 11.9 Å². The molecule has 0 unspecified atom stereocenters. The maximum atomic E-state index is 12.7. The minimum atomic E-state index is -1.02. The number of benzene rings is 2. The van der Waals surface area contributed by atoms with Gasteiger partial charge in [0.05, 0.1) is 18.4 Å². The molecule has 0 bridgehead atoms. The van der Waals surface area contributed by atoms with Gasteiger partial charge in [0.2, 0.25) is 5.76 Å². The number of carboxylic acid groups (broad SMARTS) is 1. The van der Waals surface area contributed by atoms with E-state index in [4.69, 9.17) is 14.3 Å². The standard InChI is InChI=1S/C26H26N2O6/c1-15(2)22(13-23(29)30)27-25(31)24-21(11-12-33-24)28-26(32)34-14-20-18-9-5-3-7-16(18)17-8-4-6-10-19(17)20/h3-12,15,20,22H,13-14H2,1-2H3,(H,27,31)(H,28,32)(H,29,30)/t22-/m1/s1. The van der Waals surface area contributed by atoms with Gasteiger partial charge in [-0.2, -0.15) is 0 Å². The fourth-order valence-electron chi connectivity index (χ4n) is 4.20. The van der Waals surface area contributed by atoms with E-state index in [1.165, 1.54) is 12.3 Å². The van der Waals surface area contributed by atoms with Crippen LogP contribution in [-0.4, -0.2) is 35.7 Å². The van der Waals surface area contributed by atoms with Gasteiger partial charge in [-0.15, -0.1) is 0 Å². The van der Waals surface area contributed by atoms with Crippen LogP contribution in [0.15, 0.2) is 65.3 Å². The average Bonchev–Trinajstić information content (AvgIpc) is 3.39. The van der Waals surface area contributed by atoms with E-state index in [0.29, 0.717) is 0 Å². The van der Waals surface area contributed by atoms with Crippen molar-refractivity contribution in [2.24, 2.45) is 5.92 Å². The maximum Gasteiger partial charge on any atom is 0.411 e. The van der Waals surface area contributed by atoms with Crippen LogP contribution in [0, 0.1) is 5.92 Å². The normalized spacial score (nSPS) is 13.1. The summed E-state index contributed by atoms with van der Waals surface area (Å²) < 4.78 is 10.8. The number of furan rings is 1. The molecule has 0 saturated carbocycles. The van der Waals surface area contributed by atoms with Gasteiger partial charge in [-0.05, 0) is 28.2 Å². The number of anilines is 1. The Morgan fingerprint density at radius 1 is 1.00 bits per heavy atom. The van der Waals surface area contributed by atoms with Gasteiger partial charge in [0.25, 0.3) is 5.91 Å². The van der Waals surface area contributed by atoms with Crippen LogP contribution in [0.25, 0.3) is 11.1 Å². The Bertz CT molecular complexity index is 1170. The lowest BCUT2D eigenvalue weighted by atomic mass is 9.98. The van der Waals surface area contributed by atoms with Crippen LogP contribution in [0.4, 0.5) is 10.5 Å². The molecule has 0 saturated heterocycles. The summed E-state index contributed by atoms with van der Waals surface area (Å²) in [6.45, 7) is 3.75. The molecular weight excluding hydrogens is 436 g/mol. The predicted molar refractivity (Wildman–Crippen MR) is 126 cm³/mol. The van der Waals surface area contributed by atoms with Gasteiger partial charge in [0.15, 0.2) is 0 Å². The van der Waals surface area contributed by atoms with Crippen molar-refractivity contribution < 1.29 is 28.6 Å². The van der Waals surface area contributed by atoms with Crippen molar-refractivity contribution in [3.8, 4) is 11.1 Å². The molecule has 176 valence electrons. The lowest BCUT2D eigenvalue weighted by Crippen LogP contribution is -2.40. The molecular formula is C26H26N2O6. The second-order valence-corrected chi connectivity index (χ2v) is 8.54. The van der Waals surface area contributed by atoms with E-state index in [-0.39, 0.29) is 36.3 Å². The van der Waals surface area contributed by atoms with E-state index >= 15 is 0 Å². The molecule has 8 heteroatoms. The molecule has 1 aliphatic carbocycles. The van der Waals surface area contributed by atoms with E-state index in [2.05, 4.69) is 22.8 Å². The van der Waals surface area contributed by atoms with Crippen LogP contribution < -0.4 is 10.6 Å². The fourth-order valence-corrected chi connectivity index (χ4v) is 4.20. The van der Waals surface area contributed by atoms with Crippen molar-refractivity contribution >= 4 is 23.7 Å². The monoisotopic (exact) mass is 462 g/mol. The highest BCUT2D eigenvalue weighted by atomic mass is 16.5. The lowest BCUT2D eigenvalue weighted by Gasteiger charge is -2.20. The third-order valence-corrected chi connectivity index (χ3v) is 5.97. The van der Waals surface area contributed by atoms with Crippen molar-refractivity contribution in [1.82, 2.24) is 5.32 Å². The zero-order chi connectivity index (χ0) is 24.2. The highest BCUT2D eigenvalue weighted by molar-refractivity contribution is 6.00. The summed E-state index contributed by atoms with van der Waals surface area (Å²) in [5.74, 6) is -1.94. The van der Waals surface area contributed by atoms with E-state index < -0.39 is 24.0 Å². The van der Waals surface area contributed by atoms with Crippen LogP contribution in [0.5, 0.6) is 0 Å². The van der Waals surface area contributed by atoms with E-state index in [1.807, 2.05) is 50.2 Å². The van der Waals surface area contributed by atoms with Crippen LogP contribution in [0.1, 0.15) is 47.9 Å². The average molecular weight is 463 g/mol. The van der Waals surface area contributed by atoms with E-state index in [0.717, 1.165) is 22.3 Å². The number of nitrogens with one attached hydrogen (secondary N) is 2. The van der Waals surface area contributed by atoms with Gasteiger partial charge in [0.1, 0.15) is 6.61 Å². The molecule has 1 aromatic heterocycles. The summed E-state index contributed by atoms with van der Waals surface area (Å²) in [7, 11) is 0. The molecule has 1 heterocycles. The largest absolute Gasteiger partial charge is 0.481 e. The van der Waals surface area contributed by atoms with Crippen molar-refractivity contribution in [3.63, 3.8) is 0 Å². The zero-order valence-corrected chi connectivity index (χ0v) is 18.9. The molecule has 2 amide bonds. The predicted octanol–water partition coefficient (Wildman–Crippen LogP) is 4.87. The number of ether oxygens (including phenoxy) is 1. The van der Waals surface area contributed by atoms with Gasteiger partial charge in [-0.3, -0.25) is 14.9 Å². The zero-order valence-electron chi connectivity index (χ0n) is 18.9. The Labute approximate surface area is 196 Å². The molecule has 0 aliphatic heterocycles. The molecule has 4 rings (SSSR count). The number of carbonyl (C=O) groups excluding carboxylic acids is 2. The first-order valence-electron chi connectivity index (χ1n) is 11.1. The first kappa shape index (κ1) is 23.1. The SMILES string of the molecule is CC(C)[C@@H](CC(=O)O)NC(=O)c1occc1NC(=O)OCC1c2ccccc2-c2ccccc21. The first-order chi connectivity index (χ1) is 16.3. The van der Waals surface area contributed by atoms with Crippen LogP contribution in [-0.2, 0) is 9.53 Å². The number of aliphatic carboxylic acids is 1. The third-order valence-electron chi connectivity index (χ3n) is 5.97. The van der Waals surface area contributed by atoms with Crippen molar-refractivity contribution in [1.29, 1.82) is 0 Å². The topological polar surface area (TPSA) is 118 Å². The quantitative estimate of drug-likeness (QED) is 0.440. The summed E-state index contributed by atoms with van der Waals surface area (Å²) in [4.78, 5) is 36.3. The Morgan fingerprint density at radius 2 is 1.62 bits per heavy atom. The Hall–Kier alpha value is -4.07. The number of carbonyl (C=O) groups is 3. The minimum absolute atomic E-state index is 0.0897. The highest BCUT2D eigenvalue weighted by Gasteiger charge is 2.29. The summed E-state index contributed by atoms with van der Waals surface area (Å²) in [6, 6.07) is 16.9. The van der Waals surface area contributed by atoms with Crippen molar-refractivity contribution in [2.45, 2.75) is 32.2 Å². The van der Waals surface area contributed by atoms with Crippen molar-refractivity contribution in [3.05, 3.63) is 77.7 Å². The minimum Gasteiger partial charge on any atom is -0.481 e. The van der Waals surface area contributed by atoms with Gasteiger partial charge < -0.3 is 19.6 Å². The fraction of sp³-hybridized carbons (Fsp3) is 0.269. The Morgan fingerprint density at radius 3 is 2.21 bits per heavy atom. The first-order valence-corrected chi connectivity index (χ1v) is 11.1. The molecule has 0 spiro atoms. The van der Waals surface area contributed by atoms with Gasteiger partial charge in [-0.25, -0.2) is 4.79 Å². The third kappa shape index (κ3) is 4.80. The number of amides is 2. The summed E-state index contributed by atoms with van der Waals surface area (Å²) in [5, 5.41) is 14.3. The maximum absolute atomic E-state index is 12.7. The molecule has 1 atom stereocenters. The number of hydrogen-bond acceptors (Lipinski definition) is 5. The summed E-state index contributed by atoms with van der Waals surface area (Å²) in [6.07, 6.45) is 0.331. The summed E-state index contributed by atoms with van der Waals surface area (Å²) in [5.41, 5.74) is 4.59. The van der Waals surface area contributed by atoms with E-state index in [1.54, 1.807) is 0 Å². The number of rotatable bonds is 8. The second-order valence-electron chi connectivity index (χ2n) is 8.54. The number of carboxylic acids is 1. The molecule has 34 heavy (non-hydrogen) atoms. The van der Waals surface area contributed by atoms with Crippen LogP contribution in [0.3, 0.4) is 0 Å². The molecule has 2 aromatic carbocycles. The number of hydrogen-bond donors (Lipinski definition) is 3. The second kappa shape index (κ2) is 9.82. The van der Waals surface area contributed by atoms with Crippen LogP contribution in [0.2, 0.25) is 0 Å². The molecule has 0 radical (unpaired) electrons. The Kier molecular flexibility index (Phi) is 6.67. The molecule has 8 nitrogen and oxygen atoms in total. The molecule has 1 aliphatic rings. The van der Waals surface area contributed by atoms with E-state index in [9.17, 15) is 14.4 Å². The molecule has 3 aromatic rings. The van der Waals surface area contributed by atoms with Crippen LogP contribution >= 0.6 is 0 Å². The highest BCUT2D eigenvalue weighted by Crippen LogP contribution is 2.44. The summed E-state index contributed by atoms with van der Waals surface area (Å²) >= 11 is 0. The van der Waals surface area contributed by atoms with Gasteiger partial charge >= 0.3 is 12.1 Å². The molecule has 3 N–H and O–H groups in total. The van der Waals surface area contributed by atoms with Gasteiger partial charge in [-0.1, -0.05) is 62.4 Å². The van der Waals surface area contributed by atoms with Gasteiger partial charge in [0, 0.05) is 18.0 Å². The number of fused-ring (bicyclic) bond motifs is 3. The Balaban J connectivity index is 1.41. The lowest BCUT2D eigenvalue weighted by molar-refractivity contribution is -0.137. The smallest absolute Gasteiger partial charge is 0.411 e.